The number of carbonyl (C=O) groups excluding carboxylic acids is 1. The van der Waals surface area contributed by atoms with Crippen LogP contribution in [0.1, 0.15) is 22.8 Å². The van der Waals surface area contributed by atoms with Gasteiger partial charge in [-0.25, -0.2) is 0 Å². The third kappa shape index (κ3) is 5.35. The summed E-state index contributed by atoms with van der Waals surface area (Å²) < 4.78 is 12.0. The van der Waals surface area contributed by atoms with Crippen molar-refractivity contribution in [2.45, 2.75) is 13.5 Å². The number of ether oxygens (including phenoxy) is 2. The molecule has 2 rings (SSSR count). The second-order valence-corrected chi connectivity index (χ2v) is 6.24. The van der Waals surface area contributed by atoms with E-state index in [1.54, 1.807) is 18.0 Å². The van der Waals surface area contributed by atoms with Crippen molar-refractivity contribution < 1.29 is 14.3 Å². The van der Waals surface area contributed by atoms with Crippen LogP contribution in [0.2, 0.25) is 0 Å². The highest BCUT2D eigenvalue weighted by Crippen LogP contribution is 2.20. The van der Waals surface area contributed by atoms with Gasteiger partial charge < -0.3 is 14.4 Å². The van der Waals surface area contributed by atoms with Crippen molar-refractivity contribution in [1.29, 1.82) is 0 Å². The van der Waals surface area contributed by atoms with Crippen LogP contribution in [0.25, 0.3) is 0 Å². The number of para-hydroxylation sites is 1. The number of nitrogens with zero attached hydrogens (tertiary/aromatic N) is 1. The first kappa shape index (κ1) is 18.5. The molecule has 0 fully saturated rings. The van der Waals surface area contributed by atoms with Gasteiger partial charge in [0.25, 0.3) is 5.91 Å². The maximum absolute atomic E-state index is 12.7. The van der Waals surface area contributed by atoms with E-state index in [1.165, 1.54) is 0 Å². The van der Waals surface area contributed by atoms with E-state index < -0.39 is 0 Å². The molecule has 4 nitrogen and oxygen atoms in total. The Labute approximate surface area is 151 Å². The lowest BCUT2D eigenvalue weighted by molar-refractivity contribution is 0.0774. The summed E-state index contributed by atoms with van der Waals surface area (Å²) in [6, 6.07) is 15.2. The van der Waals surface area contributed by atoms with Gasteiger partial charge in [0.15, 0.2) is 0 Å². The smallest absolute Gasteiger partial charge is 0.257 e. The number of halogens is 1. The topological polar surface area (TPSA) is 38.8 Å². The average molecular weight is 392 g/mol. The maximum atomic E-state index is 12.7. The minimum absolute atomic E-state index is 0.0649. The molecule has 2 aromatic rings. The fourth-order valence-electron chi connectivity index (χ4n) is 2.27. The highest BCUT2D eigenvalue weighted by atomic mass is 79.9. The van der Waals surface area contributed by atoms with Crippen molar-refractivity contribution in [3.05, 3.63) is 64.1 Å². The van der Waals surface area contributed by atoms with E-state index in [1.807, 2.05) is 49.4 Å². The highest BCUT2D eigenvalue weighted by molar-refractivity contribution is 9.10. The summed E-state index contributed by atoms with van der Waals surface area (Å²) in [6.45, 7) is 4.07. The molecule has 0 unspecified atom stereocenters. The van der Waals surface area contributed by atoms with Gasteiger partial charge in [-0.15, -0.1) is 0 Å². The lowest BCUT2D eigenvalue weighted by Crippen LogP contribution is -2.26. The van der Waals surface area contributed by atoms with Crippen molar-refractivity contribution in [2.75, 3.05) is 26.9 Å². The molecule has 0 aromatic heterocycles. The van der Waals surface area contributed by atoms with Crippen LogP contribution in [0.3, 0.4) is 0 Å². The van der Waals surface area contributed by atoms with Crippen LogP contribution in [-0.2, 0) is 11.3 Å². The van der Waals surface area contributed by atoms with Crippen molar-refractivity contribution >= 4 is 21.8 Å². The van der Waals surface area contributed by atoms with E-state index >= 15 is 0 Å². The van der Waals surface area contributed by atoms with E-state index in [9.17, 15) is 4.79 Å². The van der Waals surface area contributed by atoms with Crippen LogP contribution >= 0.6 is 15.9 Å². The first-order valence-corrected chi connectivity index (χ1v) is 8.70. The third-order valence-electron chi connectivity index (χ3n) is 3.49. The quantitative estimate of drug-likeness (QED) is 0.634. The molecule has 0 atom stereocenters. The molecule has 0 bridgehead atoms. The molecular formula is C19H22BrNO3. The third-order valence-corrected chi connectivity index (χ3v) is 4.02. The van der Waals surface area contributed by atoms with Crippen LogP contribution in [0.5, 0.6) is 5.75 Å². The average Bonchev–Trinajstić information content (AvgIpc) is 2.60. The number of hydrogen-bond acceptors (Lipinski definition) is 3. The van der Waals surface area contributed by atoms with Gasteiger partial charge in [-0.05, 0) is 36.8 Å². The Hall–Kier alpha value is -1.85. The molecule has 0 saturated heterocycles. The molecule has 0 aliphatic carbocycles. The van der Waals surface area contributed by atoms with Gasteiger partial charge in [0.2, 0.25) is 0 Å². The second-order valence-electron chi connectivity index (χ2n) is 5.33. The van der Waals surface area contributed by atoms with Crippen LogP contribution in [-0.4, -0.2) is 37.7 Å². The molecule has 0 radical (unpaired) electrons. The summed E-state index contributed by atoms with van der Waals surface area (Å²) >= 11 is 3.41. The molecule has 0 saturated carbocycles. The van der Waals surface area contributed by atoms with Crippen molar-refractivity contribution in [2.24, 2.45) is 0 Å². The number of amides is 1. The van der Waals surface area contributed by atoms with E-state index in [0.717, 1.165) is 10.0 Å². The molecule has 0 N–H and O–H groups in total. The van der Waals surface area contributed by atoms with Crippen LogP contribution < -0.4 is 4.74 Å². The molecule has 0 aliphatic heterocycles. The standard InChI is InChI=1S/C19H22BrNO3/c1-3-23-12-13-24-18-7-5-4-6-17(18)19(22)21(2)14-15-8-10-16(20)11-9-15/h4-11H,3,12-14H2,1-2H3. The SMILES string of the molecule is CCOCCOc1ccccc1C(=O)N(C)Cc1ccc(Br)cc1. The van der Waals surface area contributed by atoms with Gasteiger partial charge in [0, 0.05) is 24.7 Å². The Morgan fingerprint density at radius 2 is 1.79 bits per heavy atom. The van der Waals surface area contributed by atoms with E-state index in [2.05, 4.69) is 15.9 Å². The molecule has 0 heterocycles. The van der Waals surface area contributed by atoms with Gasteiger partial charge in [0.05, 0.1) is 12.2 Å². The van der Waals surface area contributed by atoms with Crippen LogP contribution in [0, 0.1) is 0 Å². The summed E-state index contributed by atoms with van der Waals surface area (Å²) in [5, 5.41) is 0. The van der Waals surface area contributed by atoms with E-state index in [-0.39, 0.29) is 5.91 Å². The Morgan fingerprint density at radius 3 is 2.50 bits per heavy atom. The van der Waals surface area contributed by atoms with Crippen molar-refractivity contribution in [3.63, 3.8) is 0 Å². The summed E-state index contributed by atoms with van der Waals surface area (Å²) in [6.07, 6.45) is 0. The fourth-order valence-corrected chi connectivity index (χ4v) is 2.53. The van der Waals surface area contributed by atoms with Gasteiger partial charge in [0.1, 0.15) is 12.4 Å². The monoisotopic (exact) mass is 391 g/mol. The lowest BCUT2D eigenvalue weighted by atomic mass is 10.1. The summed E-state index contributed by atoms with van der Waals surface area (Å²) in [4.78, 5) is 14.4. The summed E-state index contributed by atoms with van der Waals surface area (Å²) in [5.74, 6) is 0.523. The van der Waals surface area contributed by atoms with Crippen LogP contribution in [0.4, 0.5) is 0 Å². The number of rotatable bonds is 8. The molecule has 128 valence electrons. The molecule has 0 aliphatic rings. The zero-order valence-electron chi connectivity index (χ0n) is 14.0. The van der Waals surface area contributed by atoms with Crippen molar-refractivity contribution in [3.8, 4) is 5.75 Å². The molecule has 2 aromatic carbocycles. The second kappa shape index (κ2) is 9.45. The van der Waals surface area contributed by atoms with Crippen LogP contribution in [0.15, 0.2) is 53.0 Å². The summed E-state index contributed by atoms with van der Waals surface area (Å²) in [7, 11) is 1.79. The van der Waals surface area contributed by atoms with Crippen molar-refractivity contribution in [1.82, 2.24) is 4.90 Å². The zero-order valence-corrected chi connectivity index (χ0v) is 15.6. The number of benzene rings is 2. The maximum Gasteiger partial charge on any atom is 0.257 e. The Kier molecular flexibility index (Phi) is 7.28. The van der Waals surface area contributed by atoms with E-state index in [0.29, 0.717) is 37.7 Å². The largest absolute Gasteiger partial charge is 0.490 e. The first-order chi connectivity index (χ1) is 11.6. The van der Waals surface area contributed by atoms with Gasteiger partial charge in [-0.2, -0.15) is 0 Å². The Morgan fingerprint density at radius 1 is 1.08 bits per heavy atom. The minimum atomic E-state index is -0.0649. The van der Waals surface area contributed by atoms with Gasteiger partial charge >= 0.3 is 0 Å². The lowest BCUT2D eigenvalue weighted by Gasteiger charge is -2.19. The highest BCUT2D eigenvalue weighted by Gasteiger charge is 2.16. The van der Waals surface area contributed by atoms with Gasteiger partial charge in [-0.1, -0.05) is 40.2 Å². The fraction of sp³-hybridized carbons (Fsp3) is 0.316. The number of carbonyl (C=O) groups is 1. The molecule has 24 heavy (non-hydrogen) atoms. The molecule has 1 amide bonds. The predicted octanol–water partition coefficient (Wildman–Crippen LogP) is 4.14. The zero-order chi connectivity index (χ0) is 17.4. The molecule has 0 spiro atoms. The molecule has 5 heteroatoms. The number of hydrogen-bond donors (Lipinski definition) is 0. The Balaban J connectivity index is 2.03. The molecular weight excluding hydrogens is 370 g/mol. The van der Waals surface area contributed by atoms with Gasteiger partial charge in [-0.3, -0.25) is 4.79 Å². The first-order valence-electron chi connectivity index (χ1n) is 7.91. The minimum Gasteiger partial charge on any atom is -0.490 e. The van der Waals surface area contributed by atoms with E-state index in [4.69, 9.17) is 9.47 Å². The predicted molar refractivity (Wildman–Crippen MR) is 98.4 cm³/mol. The normalized spacial score (nSPS) is 10.5. The Bertz CT molecular complexity index is 658. The summed E-state index contributed by atoms with van der Waals surface area (Å²) in [5.41, 5.74) is 1.64.